The molecule has 1 heterocycles. The smallest absolute Gasteiger partial charge is 0.331 e. The second kappa shape index (κ2) is 8.54. The Morgan fingerprint density at radius 2 is 1.77 bits per heavy atom. The van der Waals surface area contributed by atoms with Crippen LogP contribution in [-0.2, 0) is 17.9 Å². The van der Waals surface area contributed by atoms with Crippen molar-refractivity contribution < 1.29 is 9.59 Å². The molecule has 0 radical (unpaired) electrons. The number of aromatic nitrogens is 2. The monoisotopic (exact) mass is 428 g/mol. The first-order valence-corrected chi connectivity index (χ1v) is 9.65. The third-order valence-corrected chi connectivity index (χ3v) is 4.95. The molecule has 30 heavy (non-hydrogen) atoms. The number of anilines is 1. The van der Waals surface area contributed by atoms with Gasteiger partial charge in [0.1, 0.15) is 6.54 Å². The van der Waals surface area contributed by atoms with Crippen molar-refractivity contribution in [3.63, 3.8) is 0 Å². The number of fused-ring (bicyclic) bond motifs is 1. The summed E-state index contributed by atoms with van der Waals surface area (Å²) >= 11 is 6.18. The van der Waals surface area contributed by atoms with Gasteiger partial charge in [0.15, 0.2) is 0 Å². The molecule has 9 heteroatoms. The van der Waals surface area contributed by atoms with E-state index in [0.717, 1.165) is 4.57 Å². The Balaban J connectivity index is 1.92. The first-order valence-electron chi connectivity index (χ1n) is 9.28. The maximum atomic E-state index is 12.7. The van der Waals surface area contributed by atoms with Crippen molar-refractivity contribution in [3.05, 3.63) is 73.9 Å². The Kier molecular flexibility index (Phi) is 6.07. The van der Waals surface area contributed by atoms with E-state index in [1.54, 1.807) is 51.4 Å². The van der Waals surface area contributed by atoms with Crippen LogP contribution in [0.4, 0.5) is 5.69 Å². The standard InChI is InChI=1S/C21H21ClN4O4/c1-4-25-20(29)15-7-5-6-8-17(15)26(21(25)30)12-18(27)23-13-9-10-14(16(22)11-13)19(28)24(2)3/h5-11H,4,12H2,1-3H3,(H,23,27). The summed E-state index contributed by atoms with van der Waals surface area (Å²) in [4.78, 5) is 51.3. The van der Waals surface area contributed by atoms with E-state index in [1.165, 1.54) is 21.6 Å². The zero-order chi connectivity index (χ0) is 22.0. The third kappa shape index (κ3) is 3.99. The quantitative estimate of drug-likeness (QED) is 0.674. The lowest BCUT2D eigenvalue weighted by Crippen LogP contribution is -2.41. The predicted molar refractivity (Wildman–Crippen MR) is 116 cm³/mol. The minimum Gasteiger partial charge on any atom is -0.345 e. The van der Waals surface area contributed by atoms with Gasteiger partial charge in [-0.3, -0.25) is 23.5 Å². The largest absolute Gasteiger partial charge is 0.345 e. The average molecular weight is 429 g/mol. The van der Waals surface area contributed by atoms with Gasteiger partial charge in [-0.1, -0.05) is 23.7 Å². The molecule has 2 aromatic carbocycles. The van der Waals surface area contributed by atoms with Gasteiger partial charge in [0.2, 0.25) is 5.91 Å². The van der Waals surface area contributed by atoms with Crippen molar-refractivity contribution >= 4 is 40.0 Å². The molecule has 0 atom stereocenters. The van der Waals surface area contributed by atoms with E-state index < -0.39 is 11.6 Å². The summed E-state index contributed by atoms with van der Waals surface area (Å²) in [7, 11) is 3.23. The van der Waals surface area contributed by atoms with E-state index in [-0.39, 0.29) is 29.6 Å². The van der Waals surface area contributed by atoms with Gasteiger partial charge in [-0.15, -0.1) is 0 Å². The fraction of sp³-hybridized carbons (Fsp3) is 0.238. The Morgan fingerprint density at radius 1 is 1.07 bits per heavy atom. The summed E-state index contributed by atoms with van der Waals surface area (Å²) in [6, 6.07) is 11.2. The summed E-state index contributed by atoms with van der Waals surface area (Å²) in [6.45, 7) is 1.61. The van der Waals surface area contributed by atoms with Crippen molar-refractivity contribution in [2.24, 2.45) is 0 Å². The van der Waals surface area contributed by atoms with E-state index in [1.807, 2.05) is 0 Å². The normalized spacial score (nSPS) is 10.8. The minimum atomic E-state index is -0.554. The number of carbonyl (C=O) groups excluding carboxylic acids is 2. The molecule has 2 amide bonds. The lowest BCUT2D eigenvalue weighted by Gasteiger charge is -2.14. The molecular weight excluding hydrogens is 408 g/mol. The van der Waals surface area contributed by atoms with Gasteiger partial charge in [-0.25, -0.2) is 4.79 Å². The van der Waals surface area contributed by atoms with Gasteiger partial charge in [-0.05, 0) is 37.3 Å². The Bertz CT molecular complexity index is 1260. The number of benzene rings is 2. The molecular formula is C21H21ClN4O4. The summed E-state index contributed by atoms with van der Waals surface area (Å²) in [5.41, 5.74) is 0.152. The highest BCUT2D eigenvalue weighted by Gasteiger charge is 2.16. The first kappa shape index (κ1) is 21.3. The molecule has 0 spiro atoms. The van der Waals surface area contributed by atoms with E-state index in [4.69, 9.17) is 11.6 Å². The fourth-order valence-corrected chi connectivity index (χ4v) is 3.42. The van der Waals surface area contributed by atoms with Crippen LogP contribution in [0.5, 0.6) is 0 Å². The van der Waals surface area contributed by atoms with Gasteiger partial charge >= 0.3 is 5.69 Å². The van der Waals surface area contributed by atoms with Crippen molar-refractivity contribution in [2.75, 3.05) is 19.4 Å². The van der Waals surface area contributed by atoms with Crippen LogP contribution >= 0.6 is 11.6 Å². The van der Waals surface area contributed by atoms with Crippen molar-refractivity contribution in [1.29, 1.82) is 0 Å². The van der Waals surface area contributed by atoms with Crippen LogP contribution in [0.25, 0.3) is 10.9 Å². The molecule has 0 saturated heterocycles. The Hall–Kier alpha value is -3.39. The first-order chi connectivity index (χ1) is 14.2. The molecule has 0 unspecified atom stereocenters. The molecule has 0 aliphatic rings. The summed E-state index contributed by atoms with van der Waals surface area (Å²) < 4.78 is 2.36. The van der Waals surface area contributed by atoms with E-state index in [2.05, 4.69) is 5.32 Å². The second-order valence-electron chi connectivity index (χ2n) is 6.88. The summed E-state index contributed by atoms with van der Waals surface area (Å²) in [5, 5.41) is 3.24. The lowest BCUT2D eigenvalue weighted by molar-refractivity contribution is -0.116. The minimum absolute atomic E-state index is 0.196. The SMILES string of the molecule is CCn1c(=O)c2ccccc2n(CC(=O)Nc2ccc(C(=O)N(C)C)c(Cl)c2)c1=O. The molecule has 0 fully saturated rings. The fourth-order valence-electron chi connectivity index (χ4n) is 3.15. The molecule has 8 nitrogen and oxygen atoms in total. The lowest BCUT2D eigenvalue weighted by atomic mass is 10.2. The van der Waals surface area contributed by atoms with E-state index >= 15 is 0 Å². The summed E-state index contributed by atoms with van der Waals surface area (Å²) in [6.07, 6.45) is 0. The number of halogens is 1. The third-order valence-electron chi connectivity index (χ3n) is 4.64. The number of hydrogen-bond donors (Lipinski definition) is 1. The highest BCUT2D eigenvalue weighted by Crippen LogP contribution is 2.22. The highest BCUT2D eigenvalue weighted by molar-refractivity contribution is 6.34. The second-order valence-corrected chi connectivity index (χ2v) is 7.28. The maximum Gasteiger partial charge on any atom is 0.331 e. The van der Waals surface area contributed by atoms with Gasteiger partial charge in [0.05, 0.1) is 21.5 Å². The molecule has 0 aliphatic heterocycles. The van der Waals surface area contributed by atoms with Crippen LogP contribution in [0.1, 0.15) is 17.3 Å². The van der Waals surface area contributed by atoms with Crippen LogP contribution < -0.4 is 16.6 Å². The maximum absolute atomic E-state index is 12.7. The number of nitrogens with one attached hydrogen (secondary N) is 1. The topological polar surface area (TPSA) is 93.4 Å². The van der Waals surface area contributed by atoms with E-state index in [0.29, 0.717) is 22.2 Å². The van der Waals surface area contributed by atoms with Crippen molar-refractivity contribution in [2.45, 2.75) is 20.0 Å². The van der Waals surface area contributed by atoms with E-state index in [9.17, 15) is 19.2 Å². The molecule has 0 aliphatic carbocycles. The molecule has 3 aromatic rings. The van der Waals surface area contributed by atoms with Crippen LogP contribution in [0.3, 0.4) is 0 Å². The molecule has 0 saturated carbocycles. The molecule has 156 valence electrons. The zero-order valence-electron chi connectivity index (χ0n) is 16.8. The number of amides is 2. The number of rotatable bonds is 5. The number of para-hydroxylation sites is 1. The van der Waals surface area contributed by atoms with Gasteiger partial charge in [-0.2, -0.15) is 0 Å². The number of hydrogen-bond acceptors (Lipinski definition) is 4. The van der Waals surface area contributed by atoms with Crippen molar-refractivity contribution in [1.82, 2.24) is 14.0 Å². The predicted octanol–water partition coefficient (Wildman–Crippen LogP) is 2.18. The van der Waals surface area contributed by atoms with Gasteiger partial charge in [0, 0.05) is 26.3 Å². The van der Waals surface area contributed by atoms with Crippen LogP contribution in [-0.4, -0.2) is 39.9 Å². The van der Waals surface area contributed by atoms with Crippen LogP contribution in [0.15, 0.2) is 52.1 Å². The van der Waals surface area contributed by atoms with Gasteiger partial charge in [0.25, 0.3) is 11.5 Å². The number of carbonyl (C=O) groups is 2. The zero-order valence-corrected chi connectivity index (χ0v) is 17.6. The van der Waals surface area contributed by atoms with Crippen molar-refractivity contribution in [3.8, 4) is 0 Å². The molecule has 0 bridgehead atoms. The number of nitrogens with zero attached hydrogens (tertiary/aromatic N) is 3. The molecule has 1 aromatic heterocycles. The average Bonchev–Trinajstić information content (AvgIpc) is 2.71. The van der Waals surface area contributed by atoms with Crippen LogP contribution in [0.2, 0.25) is 5.02 Å². The molecule has 1 N–H and O–H groups in total. The van der Waals surface area contributed by atoms with Crippen LogP contribution in [0, 0.1) is 0 Å². The van der Waals surface area contributed by atoms with Gasteiger partial charge < -0.3 is 10.2 Å². The summed E-state index contributed by atoms with van der Waals surface area (Å²) in [5.74, 6) is -0.718. The highest BCUT2D eigenvalue weighted by atomic mass is 35.5. The Labute approximate surface area is 177 Å². The Morgan fingerprint density at radius 3 is 2.40 bits per heavy atom. The molecule has 3 rings (SSSR count).